The zero-order chi connectivity index (χ0) is 13.0. The molecule has 0 unspecified atom stereocenters. The first-order valence-corrected chi connectivity index (χ1v) is 6.61. The highest BCUT2D eigenvalue weighted by Crippen LogP contribution is 2.17. The normalized spacial score (nSPS) is 10.3. The molecule has 0 amide bonds. The number of ketones is 1. The molecule has 0 spiro atoms. The molecule has 1 heterocycles. The van der Waals surface area contributed by atoms with Crippen LogP contribution in [0.4, 0.5) is 0 Å². The average molecular weight is 261 g/mol. The van der Waals surface area contributed by atoms with Crippen molar-refractivity contribution in [2.24, 2.45) is 0 Å². The predicted octanol–water partition coefficient (Wildman–Crippen LogP) is 2.87. The second-order valence-electron chi connectivity index (χ2n) is 4.14. The summed E-state index contributed by atoms with van der Waals surface area (Å²) in [5.74, 6) is 1.01. The van der Waals surface area contributed by atoms with E-state index in [1.54, 1.807) is 25.4 Å². The summed E-state index contributed by atoms with van der Waals surface area (Å²) in [5, 5.41) is 3.00. The minimum Gasteiger partial charge on any atom is -0.497 e. The van der Waals surface area contributed by atoms with Crippen LogP contribution in [0.1, 0.15) is 23.2 Å². The average Bonchev–Trinajstić information content (AvgIpc) is 2.76. The summed E-state index contributed by atoms with van der Waals surface area (Å²) in [7, 11) is 1.66. The van der Waals surface area contributed by atoms with Crippen LogP contribution >= 0.6 is 11.3 Å². The first-order valence-electron chi connectivity index (χ1n) is 5.73. The van der Waals surface area contributed by atoms with E-state index in [1.807, 2.05) is 29.6 Å². The summed E-state index contributed by atoms with van der Waals surface area (Å²) < 4.78 is 5.12. The van der Waals surface area contributed by atoms with Crippen LogP contribution in [0.5, 0.6) is 5.75 Å². The molecule has 0 N–H and O–H groups in total. The Labute approximate surface area is 110 Å². The number of hydrogen-bond donors (Lipinski definition) is 0. The Morgan fingerprint density at radius 3 is 2.67 bits per heavy atom. The maximum Gasteiger partial charge on any atom is 0.135 e. The zero-order valence-electron chi connectivity index (χ0n) is 10.5. The highest BCUT2D eigenvalue weighted by molar-refractivity contribution is 7.09. The van der Waals surface area contributed by atoms with Crippen LogP contribution in [0.15, 0.2) is 29.6 Å². The topological polar surface area (TPSA) is 39.2 Å². The van der Waals surface area contributed by atoms with Crippen molar-refractivity contribution in [2.45, 2.75) is 19.8 Å². The molecule has 0 aliphatic carbocycles. The first-order chi connectivity index (χ1) is 8.67. The lowest BCUT2D eigenvalue weighted by molar-refractivity contribution is -0.116. The van der Waals surface area contributed by atoms with E-state index in [0.717, 1.165) is 22.9 Å². The summed E-state index contributed by atoms with van der Waals surface area (Å²) >= 11 is 1.60. The van der Waals surface area contributed by atoms with Gasteiger partial charge in [-0.2, -0.15) is 0 Å². The molecule has 0 radical (unpaired) electrons. The lowest BCUT2D eigenvalue weighted by Gasteiger charge is -2.01. The quantitative estimate of drug-likeness (QED) is 0.830. The number of benzene rings is 1. The number of ether oxygens (including phenoxy) is 1. The van der Waals surface area contributed by atoms with Gasteiger partial charge in [0.2, 0.25) is 0 Å². The second-order valence-corrected chi connectivity index (χ2v) is 5.08. The SMILES string of the molecule is COc1ccc(Cc2nc(CC(C)=O)cs2)cc1. The van der Waals surface area contributed by atoms with Crippen LogP contribution in [-0.2, 0) is 17.6 Å². The predicted molar refractivity (Wildman–Crippen MR) is 72.3 cm³/mol. The van der Waals surface area contributed by atoms with Gasteiger partial charge in [-0.05, 0) is 24.6 Å². The summed E-state index contributed by atoms with van der Waals surface area (Å²) in [6, 6.07) is 7.95. The smallest absolute Gasteiger partial charge is 0.135 e. The third kappa shape index (κ3) is 3.40. The lowest BCUT2D eigenvalue weighted by Crippen LogP contribution is -1.97. The fourth-order valence-corrected chi connectivity index (χ4v) is 2.51. The number of methoxy groups -OCH3 is 1. The zero-order valence-corrected chi connectivity index (χ0v) is 11.3. The molecule has 0 fully saturated rings. The van der Waals surface area contributed by atoms with Crippen LogP contribution < -0.4 is 4.74 Å². The van der Waals surface area contributed by atoms with Gasteiger partial charge in [0.15, 0.2) is 0 Å². The van der Waals surface area contributed by atoms with Gasteiger partial charge in [0, 0.05) is 18.2 Å². The van der Waals surface area contributed by atoms with E-state index in [1.165, 1.54) is 5.56 Å². The van der Waals surface area contributed by atoms with Crippen LogP contribution in [-0.4, -0.2) is 17.9 Å². The largest absolute Gasteiger partial charge is 0.497 e. The lowest BCUT2D eigenvalue weighted by atomic mass is 10.1. The number of rotatable bonds is 5. The van der Waals surface area contributed by atoms with Crippen LogP contribution in [0.2, 0.25) is 0 Å². The van der Waals surface area contributed by atoms with Crippen molar-refractivity contribution in [3.05, 3.63) is 45.9 Å². The molecule has 0 aliphatic rings. The molecule has 2 rings (SSSR count). The third-order valence-corrected chi connectivity index (χ3v) is 3.44. The maximum absolute atomic E-state index is 11.0. The highest BCUT2D eigenvalue weighted by Gasteiger charge is 2.05. The van der Waals surface area contributed by atoms with Crippen LogP contribution in [0, 0.1) is 0 Å². The van der Waals surface area contributed by atoms with Crippen molar-refractivity contribution < 1.29 is 9.53 Å². The number of aromatic nitrogens is 1. The van der Waals surface area contributed by atoms with Gasteiger partial charge < -0.3 is 4.74 Å². The van der Waals surface area contributed by atoms with E-state index < -0.39 is 0 Å². The van der Waals surface area contributed by atoms with Crippen molar-refractivity contribution >= 4 is 17.1 Å². The van der Waals surface area contributed by atoms with Crippen LogP contribution in [0.25, 0.3) is 0 Å². The Morgan fingerprint density at radius 1 is 1.33 bits per heavy atom. The molecule has 1 aromatic carbocycles. The Hall–Kier alpha value is -1.68. The number of nitrogens with zero attached hydrogens (tertiary/aromatic N) is 1. The molecule has 0 atom stereocenters. The van der Waals surface area contributed by atoms with Gasteiger partial charge in [-0.1, -0.05) is 12.1 Å². The van der Waals surface area contributed by atoms with Gasteiger partial charge in [0.1, 0.15) is 11.5 Å². The van der Waals surface area contributed by atoms with Gasteiger partial charge in [-0.25, -0.2) is 4.98 Å². The van der Waals surface area contributed by atoms with Crippen molar-refractivity contribution in [1.29, 1.82) is 0 Å². The van der Waals surface area contributed by atoms with E-state index in [4.69, 9.17) is 4.74 Å². The van der Waals surface area contributed by atoms with Gasteiger partial charge in [0.25, 0.3) is 0 Å². The molecule has 0 bridgehead atoms. The standard InChI is InChI=1S/C14H15NO2S/c1-10(16)7-12-9-18-14(15-12)8-11-3-5-13(17-2)6-4-11/h3-6,9H,7-8H2,1-2H3. The summed E-state index contributed by atoms with van der Waals surface area (Å²) in [5.41, 5.74) is 2.07. The van der Waals surface area contributed by atoms with Crippen molar-refractivity contribution in [3.63, 3.8) is 0 Å². The molecule has 0 aliphatic heterocycles. The van der Waals surface area contributed by atoms with Crippen molar-refractivity contribution in [3.8, 4) is 5.75 Å². The Balaban J connectivity index is 2.03. The molecule has 3 nitrogen and oxygen atoms in total. The fourth-order valence-electron chi connectivity index (χ4n) is 1.68. The molecule has 94 valence electrons. The Kier molecular flexibility index (Phi) is 4.10. The van der Waals surface area contributed by atoms with E-state index in [-0.39, 0.29) is 5.78 Å². The molecule has 4 heteroatoms. The number of hydrogen-bond acceptors (Lipinski definition) is 4. The van der Waals surface area contributed by atoms with E-state index >= 15 is 0 Å². The van der Waals surface area contributed by atoms with E-state index in [9.17, 15) is 4.79 Å². The van der Waals surface area contributed by atoms with Gasteiger partial charge in [0.05, 0.1) is 17.8 Å². The van der Waals surface area contributed by atoms with Crippen LogP contribution in [0.3, 0.4) is 0 Å². The maximum atomic E-state index is 11.0. The third-order valence-electron chi connectivity index (χ3n) is 2.54. The van der Waals surface area contributed by atoms with E-state index in [0.29, 0.717) is 6.42 Å². The van der Waals surface area contributed by atoms with Gasteiger partial charge in [-0.3, -0.25) is 4.79 Å². The first kappa shape index (κ1) is 12.8. The van der Waals surface area contributed by atoms with Gasteiger partial charge >= 0.3 is 0 Å². The number of carbonyl (C=O) groups is 1. The molecule has 0 saturated heterocycles. The molecule has 0 saturated carbocycles. The number of thiazole rings is 1. The highest BCUT2D eigenvalue weighted by atomic mass is 32.1. The number of carbonyl (C=O) groups excluding carboxylic acids is 1. The summed E-state index contributed by atoms with van der Waals surface area (Å²) in [4.78, 5) is 15.5. The minimum atomic E-state index is 0.149. The number of Topliss-reactive ketones (excluding diaryl/α,β-unsaturated/α-hetero) is 1. The monoisotopic (exact) mass is 261 g/mol. The van der Waals surface area contributed by atoms with Crippen molar-refractivity contribution in [1.82, 2.24) is 4.98 Å². The van der Waals surface area contributed by atoms with E-state index in [2.05, 4.69) is 4.98 Å². The van der Waals surface area contributed by atoms with Crippen molar-refractivity contribution in [2.75, 3.05) is 7.11 Å². The summed E-state index contributed by atoms with van der Waals surface area (Å²) in [6.07, 6.45) is 1.23. The second kappa shape index (κ2) is 5.78. The molecule has 1 aromatic heterocycles. The molecule has 18 heavy (non-hydrogen) atoms. The minimum absolute atomic E-state index is 0.149. The Bertz CT molecular complexity index is 531. The molecular formula is C14H15NO2S. The summed E-state index contributed by atoms with van der Waals surface area (Å²) in [6.45, 7) is 1.59. The Morgan fingerprint density at radius 2 is 2.06 bits per heavy atom. The fraction of sp³-hybridized carbons (Fsp3) is 0.286. The molecular weight excluding hydrogens is 246 g/mol. The van der Waals surface area contributed by atoms with Gasteiger partial charge in [-0.15, -0.1) is 11.3 Å². The molecule has 2 aromatic rings.